The lowest BCUT2D eigenvalue weighted by Crippen LogP contribution is -2.45. The number of carbonyl (C=O) groups excluding carboxylic acids is 1. The van der Waals surface area contributed by atoms with E-state index >= 15 is 0 Å². The zero-order valence-corrected chi connectivity index (χ0v) is 15.1. The van der Waals surface area contributed by atoms with Crippen molar-refractivity contribution in [3.05, 3.63) is 36.0 Å². The largest absolute Gasteiger partial charge is 0.361 e. The lowest BCUT2D eigenvalue weighted by Gasteiger charge is -2.36. The molecule has 2 unspecified atom stereocenters. The molecule has 2 aliphatic rings. The van der Waals surface area contributed by atoms with Crippen LogP contribution in [-0.2, 0) is 4.79 Å². The highest BCUT2D eigenvalue weighted by Gasteiger charge is 2.31. The van der Waals surface area contributed by atoms with Gasteiger partial charge in [-0.25, -0.2) is 0 Å². The minimum atomic E-state index is 0.150. The molecule has 2 aliphatic heterocycles. The fourth-order valence-electron chi connectivity index (χ4n) is 4.64. The zero-order chi connectivity index (χ0) is 17.2. The lowest BCUT2D eigenvalue weighted by molar-refractivity contribution is -0.138. The van der Waals surface area contributed by atoms with Crippen LogP contribution in [0.1, 0.15) is 44.1 Å². The summed E-state index contributed by atoms with van der Waals surface area (Å²) in [5.41, 5.74) is 2.64. The standard InChI is InChI=1S/C21H29N3O/c1-15(17-5-4-10-22-13-17)21(25)24-11-8-16(9-12-24)19-14-23-20-7-3-2-6-18(19)20/h2-3,6-7,14-17,22-23H,4-5,8-13H2,1H3. The van der Waals surface area contributed by atoms with Crippen molar-refractivity contribution in [3.63, 3.8) is 0 Å². The number of hydrogen-bond donors (Lipinski definition) is 2. The number of aromatic nitrogens is 1. The SMILES string of the molecule is CC(C(=O)N1CCC(c2c[nH]c3ccccc23)CC1)C1CCCNC1. The predicted octanol–water partition coefficient (Wildman–Crippen LogP) is 3.51. The summed E-state index contributed by atoms with van der Waals surface area (Å²) in [5.74, 6) is 1.59. The molecule has 0 saturated carbocycles. The highest BCUT2D eigenvalue weighted by atomic mass is 16.2. The predicted molar refractivity (Wildman–Crippen MR) is 102 cm³/mol. The van der Waals surface area contributed by atoms with Crippen LogP contribution in [0.25, 0.3) is 10.9 Å². The van der Waals surface area contributed by atoms with E-state index in [9.17, 15) is 4.79 Å². The second kappa shape index (κ2) is 7.20. The molecule has 1 aromatic heterocycles. The summed E-state index contributed by atoms with van der Waals surface area (Å²) >= 11 is 0. The monoisotopic (exact) mass is 339 g/mol. The molecule has 4 nitrogen and oxygen atoms in total. The van der Waals surface area contributed by atoms with Gasteiger partial charge in [0.2, 0.25) is 5.91 Å². The average Bonchev–Trinajstić information content (AvgIpc) is 3.12. The van der Waals surface area contributed by atoms with Gasteiger partial charge in [-0.05, 0) is 62.2 Å². The molecule has 134 valence electrons. The van der Waals surface area contributed by atoms with E-state index in [1.54, 1.807) is 0 Å². The fourth-order valence-corrected chi connectivity index (χ4v) is 4.64. The van der Waals surface area contributed by atoms with Gasteiger partial charge in [0.05, 0.1) is 0 Å². The van der Waals surface area contributed by atoms with Gasteiger partial charge >= 0.3 is 0 Å². The summed E-state index contributed by atoms with van der Waals surface area (Å²) in [6.45, 7) is 6.03. The smallest absolute Gasteiger partial charge is 0.225 e. The van der Waals surface area contributed by atoms with Gasteiger partial charge in [-0.1, -0.05) is 25.1 Å². The number of nitrogens with zero attached hydrogens (tertiary/aromatic N) is 1. The van der Waals surface area contributed by atoms with Gasteiger partial charge in [-0.3, -0.25) is 4.79 Å². The molecule has 4 heteroatoms. The first-order valence-electron chi connectivity index (χ1n) is 9.79. The third-order valence-electron chi connectivity index (χ3n) is 6.30. The van der Waals surface area contributed by atoms with Crippen molar-refractivity contribution in [3.8, 4) is 0 Å². The van der Waals surface area contributed by atoms with Crippen LogP contribution in [0.15, 0.2) is 30.5 Å². The van der Waals surface area contributed by atoms with Crippen LogP contribution in [0.5, 0.6) is 0 Å². The Balaban J connectivity index is 1.38. The van der Waals surface area contributed by atoms with Gasteiger partial charge in [0.15, 0.2) is 0 Å². The Morgan fingerprint density at radius 2 is 2.00 bits per heavy atom. The molecule has 0 spiro atoms. The maximum absolute atomic E-state index is 12.9. The number of H-pyrrole nitrogens is 1. The normalized spacial score (nSPS) is 23.7. The van der Waals surface area contributed by atoms with E-state index in [1.807, 2.05) is 0 Å². The van der Waals surface area contributed by atoms with Crippen LogP contribution in [0, 0.1) is 11.8 Å². The van der Waals surface area contributed by atoms with Crippen molar-refractivity contribution in [2.24, 2.45) is 11.8 Å². The van der Waals surface area contributed by atoms with Gasteiger partial charge < -0.3 is 15.2 Å². The quantitative estimate of drug-likeness (QED) is 0.899. The van der Waals surface area contributed by atoms with E-state index in [1.165, 1.54) is 29.3 Å². The van der Waals surface area contributed by atoms with E-state index in [4.69, 9.17) is 0 Å². The molecule has 1 amide bonds. The number of benzene rings is 1. The Labute approximate surface area is 150 Å². The molecular weight excluding hydrogens is 310 g/mol. The molecule has 0 bridgehead atoms. The number of fused-ring (bicyclic) bond motifs is 1. The van der Waals surface area contributed by atoms with Gasteiger partial charge in [0.1, 0.15) is 0 Å². The number of rotatable bonds is 3. The number of amides is 1. The van der Waals surface area contributed by atoms with Crippen LogP contribution in [-0.4, -0.2) is 42.0 Å². The summed E-state index contributed by atoms with van der Waals surface area (Å²) in [6.07, 6.45) is 6.70. The van der Waals surface area contributed by atoms with Crippen molar-refractivity contribution >= 4 is 16.8 Å². The van der Waals surface area contributed by atoms with Crippen molar-refractivity contribution in [2.75, 3.05) is 26.2 Å². The number of likely N-dealkylation sites (tertiary alicyclic amines) is 1. The Kier molecular flexibility index (Phi) is 4.80. The molecule has 2 fully saturated rings. The Bertz CT molecular complexity index is 724. The highest BCUT2D eigenvalue weighted by Crippen LogP contribution is 2.34. The zero-order valence-electron chi connectivity index (χ0n) is 15.1. The summed E-state index contributed by atoms with van der Waals surface area (Å²) < 4.78 is 0. The van der Waals surface area contributed by atoms with Crippen molar-refractivity contribution in [2.45, 2.75) is 38.5 Å². The van der Waals surface area contributed by atoms with Crippen molar-refractivity contribution < 1.29 is 4.79 Å². The molecule has 25 heavy (non-hydrogen) atoms. The topological polar surface area (TPSA) is 48.1 Å². The van der Waals surface area contributed by atoms with Gasteiger partial charge in [0.25, 0.3) is 0 Å². The summed E-state index contributed by atoms with van der Waals surface area (Å²) in [6, 6.07) is 8.53. The molecule has 4 rings (SSSR count). The molecule has 0 radical (unpaired) electrons. The molecule has 1 aromatic carbocycles. The van der Waals surface area contributed by atoms with E-state index in [0.29, 0.717) is 17.7 Å². The second-order valence-corrected chi connectivity index (χ2v) is 7.78. The number of hydrogen-bond acceptors (Lipinski definition) is 2. The number of aromatic amines is 1. The maximum Gasteiger partial charge on any atom is 0.225 e. The van der Waals surface area contributed by atoms with E-state index < -0.39 is 0 Å². The highest BCUT2D eigenvalue weighted by molar-refractivity contribution is 5.83. The van der Waals surface area contributed by atoms with Crippen LogP contribution in [0.2, 0.25) is 0 Å². The third kappa shape index (κ3) is 3.32. The molecule has 2 aromatic rings. The number of nitrogens with one attached hydrogen (secondary N) is 2. The molecule has 2 N–H and O–H groups in total. The molecule has 2 atom stereocenters. The van der Waals surface area contributed by atoms with Crippen LogP contribution < -0.4 is 5.32 Å². The van der Waals surface area contributed by atoms with Gasteiger partial charge in [0, 0.05) is 36.1 Å². The first-order valence-corrected chi connectivity index (χ1v) is 9.79. The van der Waals surface area contributed by atoms with E-state index in [2.05, 4.69) is 52.6 Å². The molecular formula is C21H29N3O. The number of para-hydroxylation sites is 1. The Morgan fingerprint density at radius 1 is 1.20 bits per heavy atom. The maximum atomic E-state index is 12.9. The van der Waals surface area contributed by atoms with Gasteiger partial charge in [-0.15, -0.1) is 0 Å². The minimum Gasteiger partial charge on any atom is -0.361 e. The fraction of sp³-hybridized carbons (Fsp3) is 0.571. The van der Waals surface area contributed by atoms with Crippen LogP contribution in [0.3, 0.4) is 0 Å². The molecule has 0 aliphatic carbocycles. The van der Waals surface area contributed by atoms with E-state index in [0.717, 1.165) is 39.0 Å². The minimum absolute atomic E-state index is 0.150. The number of carbonyl (C=O) groups is 1. The van der Waals surface area contributed by atoms with E-state index in [-0.39, 0.29) is 5.92 Å². The van der Waals surface area contributed by atoms with Crippen LogP contribution in [0.4, 0.5) is 0 Å². The van der Waals surface area contributed by atoms with Gasteiger partial charge in [-0.2, -0.15) is 0 Å². The van der Waals surface area contributed by atoms with Crippen molar-refractivity contribution in [1.82, 2.24) is 15.2 Å². The average molecular weight is 339 g/mol. The first-order chi connectivity index (χ1) is 12.2. The molecule has 3 heterocycles. The van der Waals surface area contributed by atoms with Crippen LogP contribution >= 0.6 is 0 Å². The summed E-state index contributed by atoms with van der Waals surface area (Å²) in [5, 5.41) is 4.78. The summed E-state index contributed by atoms with van der Waals surface area (Å²) in [4.78, 5) is 18.4. The first kappa shape index (κ1) is 16.6. The molecule has 2 saturated heterocycles. The second-order valence-electron chi connectivity index (χ2n) is 7.78. The number of piperidine rings is 2. The van der Waals surface area contributed by atoms with Crippen molar-refractivity contribution in [1.29, 1.82) is 0 Å². The third-order valence-corrected chi connectivity index (χ3v) is 6.30. The summed E-state index contributed by atoms with van der Waals surface area (Å²) in [7, 11) is 0. The Hall–Kier alpha value is -1.81. The Morgan fingerprint density at radius 3 is 2.76 bits per heavy atom. The lowest BCUT2D eigenvalue weighted by atomic mass is 9.85.